The molecule has 0 aromatic heterocycles. The standard InChI is InChI=1S/C20H25ClN4O2/c1-23-16-13-25(12-11-24-9-5-2-6-10-24)19(26)17(16)18(22-20(23)27)14-7-3-4-8-15(14)21/h3-4,7-8,18H,2,5-6,9-13H2,1H3,(H,22,27). The van der Waals surface area contributed by atoms with Crippen molar-refractivity contribution in [3.63, 3.8) is 0 Å². The Bertz CT molecular complexity index is 788. The highest BCUT2D eigenvalue weighted by atomic mass is 35.5. The molecule has 3 amide bonds. The smallest absolute Gasteiger partial charge is 0.322 e. The second-order valence-electron chi connectivity index (χ2n) is 7.45. The minimum Gasteiger partial charge on any atom is -0.332 e. The Morgan fingerprint density at radius 3 is 2.59 bits per heavy atom. The van der Waals surface area contributed by atoms with E-state index in [4.69, 9.17) is 11.6 Å². The van der Waals surface area contributed by atoms with Crippen LogP contribution in [0, 0.1) is 0 Å². The first kappa shape index (κ1) is 18.3. The molecule has 3 aliphatic rings. The van der Waals surface area contributed by atoms with Crippen LogP contribution in [0.4, 0.5) is 4.79 Å². The number of carbonyl (C=O) groups excluding carboxylic acids is 2. The molecule has 0 aliphatic carbocycles. The molecular weight excluding hydrogens is 364 g/mol. The SMILES string of the molecule is CN1C(=O)NC(c2ccccc2Cl)C2=C1CN(CCN1CCCCC1)C2=O. The Labute approximate surface area is 164 Å². The van der Waals surface area contributed by atoms with E-state index >= 15 is 0 Å². The molecule has 1 fully saturated rings. The number of piperidine rings is 1. The molecule has 0 saturated carbocycles. The van der Waals surface area contributed by atoms with Gasteiger partial charge in [-0.25, -0.2) is 4.79 Å². The Morgan fingerprint density at radius 2 is 1.85 bits per heavy atom. The lowest BCUT2D eigenvalue weighted by Gasteiger charge is -2.31. The molecule has 1 atom stereocenters. The quantitative estimate of drug-likeness (QED) is 0.862. The van der Waals surface area contributed by atoms with Crippen molar-refractivity contribution in [3.05, 3.63) is 46.1 Å². The number of urea groups is 1. The van der Waals surface area contributed by atoms with Gasteiger partial charge in [-0.3, -0.25) is 9.69 Å². The monoisotopic (exact) mass is 388 g/mol. The van der Waals surface area contributed by atoms with E-state index in [1.807, 2.05) is 23.1 Å². The van der Waals surface area contributed by atoms with Gasteiger partial charge in [0.2, 0.25) is 0 Å². The summed E-state index contributed by atoms with van der Waals surface area (Å²) in [5.74, 6) is -0.00113. The van der Waals surface area contributed by atoms with Crippen LogP contribution in [0.15, 0.2) is 35.5 Å². The van der Waals surface area contributed by atoms with E-state index in [1.54, 1.807) is 18.0 Å². The molecular formula is C20H25ClN4O2. The predicted molar refractivity (Wildman–Crippen MR) is 104 cm³/mol. The van der Waals surface area contributed by atoms with Gasteiger partial charge < -0.3 is 15.1 Å². The summed E-state index contributed by atoms with van der Waals surface area (Å²) in [6, 6.07) is 6.68. The van der Waals surface area contributed by atoms with E-state index in [0.717, 1.165) is 30.9 Å². The second kappa shape index (κ2) is 7.52. The molecule has 1 aromatic carbocycles. The number of benzene rings is 1. The van der Waals surface area contributed by atoms with Gasteiger partial charge in [-0.2, -0.15) is 0 Å². The maximum atomic E-state index is 13.2. The van der Waals surface area contributed by atoms with E-state index in [-0.39, 0.29) is 11.9 Å². The lowest BCUT2D eigenvalue weighted by molar-refractivity contribution is -0.126. The highest BCUT2D eigenvalue weighted by molar-refractivity contribution is 6.31. The zero-order valence-corrected chi connectivity index (χ0v) is 16.3. The lowest BCUT2D eigenvalue weighted by Crippen LogP contribution is -2.45. The number of likely N-dealkylation sites (N-methyl/N-ethyl adjacent to an activating group) is 1. The number of hydrogen-bond donors (Lipinski definition) is 1. The van der Waals surface area contributed by atoms with E-state index < -0.39 is 6.04 Å². The first-order valence-electron chi connectivity index (χ1n) is 9.59. The summed E-state index contributed by atoms with van der Waals surface area (Å²) < 4.78 is 0. The summed E-state index contributed by atoms with van der Waals surface area (Å²) in [6.07, 6.45) is 3.77. The minimum atomic E-state index is -0.495. The van der Waals surface area contributed by atoms with Gasteiger partial charge in [0.25, 0.3) is 5.91 Å². The van der Waals surface area contributed by atoms with Crippen LogP contribution in [0.1, 0.15) is 30.9 Å². The molecule has 3 heterocycles. The van der Waals surface area contributed by atoms with Gasteiger partial charge in [0.15, 0.2) is 0 Å². The molecule has 1 saturated heterocycles. The van der Waals surface area contributed by atoms with Gasteiger partial charge in [-0.1, -0.05) is 36.2 Å². The topological polar surface area (TPSA) is 55.9 Å². The van der Waals surface area contributed by atoms with Crippen LogP contribution in [0.2, 0.25) is 5.02 Å². The molecule has 3 aliphatic heterocycles. The van der Waals surface area contributed by atoms with Crippen LogP contribution in [0.5, 0.6) is 0 Å². The summed E-state index contributed by atoms with van der Waals surface area (Å²) in [7, 11) is 1.72. The summed E-state index contributed by atoms with van der Waals surface area (Å²) in [4.78, 5) is 31.5. The van der Waals surface area contributed by atoms with Crippen molar-refractivity contribution in [2.45, 2.75) is 25.3 Å². The van der Waals surface area contributed by atoms with Crippen LogP contribution in [-0.2, 0) is 4.79 Å². The third-order valence-corrected chi connectivity index (χ3v) is 6.13. The number of likely N-dealkylation sites (tertiary alicyclic amines) is 1. The van der Waals surface area contributed by atoms with E-state index in [0.29, 0.717) is 23.7 Å². The van der Waals surface area contributed by atoms with Crippen molar-refractivity contribution in [2.24, 2.45) is 0 Å². The molecule has 6 nitrogen and oxygen atoms in total. The molecule has 144 valence electrons. The predicted octanol–water partition coefficient (Wildman–Crippen LogP) is 2.62. The van der Waals surface area contributed by atoms with E-state index in [1.165, 1.54) is 19.3 Å². The molecule has 27 heavy (non-hydrogen) atoms. The third-order valence-electron chi connectivity index (χ3n) is 5.79. The molecule has 4 rings (SSSR count). The molecule has 1 unspecified atom stereocenters. The largest absolute Gasteiger partial charge is 0.332 e. The van der Waals surface area contributed by atoms with Crippen molar-refractivity contribution < 1.29 is 9.59 Å². The normalized spacial score (nSPS) is 23.7. The van der Waals surface area contributed by atoms with Crippen LogP contribution in [-0.4, -0.2) is 66.4 Å². The molecule has 0 radical (unpaired) electrons. The minimum absolute atomic E-state index is 0.00113. The summed E-state index contributed by atoms with van der Waals surface area (Å²) in [6.45, 7) is 4.26. The molecule has 0 bridgehead atoms. The van der Waals surface area contributed by atoms with Gasteiger partial charge in [-0.15, -0.1) is 0 Å². The van der Waals surface area contributed by atoms with Crippen molar-refractivity contribution in [1.82, 2.24) is 20.0 Å². The van der Waals surface area contributed by atoms with Gasteiger partial charge in [0.1, 0.15) is 0 Å². The summed E-state index contributed by atoms with van der Waals surface area (Å²) in [5.41, 5.74) is 2.19. The molecule has 1 N–H and O–H groups in total. The van der Waals surface area contributed by atoms with E-state index in [2.05, 4.69) is 10.2 Å². The average Bonchev–Trinajstić information content (AvgIpc) is 3.01. The molecule has 1 aromatic rings. The van der Waals surface area contributed by atoms with Gasteiger partial charge in [0, 0.05) is 25.2 Å². The second-order valence-corrected chi connectivity index (χ2v) is 7.86. The van der Waals surface area contributed by atoms with Crippen molar-refractivity contribution in [3.8, 4) is 0 Å². The van der Waals surface area contributed by atoms with Gasteiger partial charge in [0.05, 0.1) is 23.9 Å². The summed E-state index contributed by atoms with van der Waals surface area (Å²) in [5, 5.41) is 3.49. The maximum Gasteiger partial charge on any atom is 0.322 e. The van der Waals surface area contributed by atoms with Gasteiger partial charge in [-0.05, 0) is 37.6 Å². The maximum absolute atomic E-state index is 13.2. The van der Waals surface area contributed by atoms with Crippen LogP contribution >= 0.6 is 11.6 Å². The van der Waals surface area contributed by atoms with Crippen LogP contribution < -0.4 is 5.32 Å². The molecule has 0 spiro atoms. The Kier molecular flexibility index (Phi) is 5.10. The average molecular weight is 389 g/mol. The van der Waals surface area contributed by atoms with Crippen LogP contribution in [0.3, 0.4) is 0 Å². The Hall–Kier alpha value is -2.05. The fourth-order valence-electron chi connectivity index (χ4n) is 4.19. The lowest BCUT2D eigenvalue weighted by atomic mass is 9.96. The Morgan fingerprint density at radius 1 is 1.11 bits per heavy atom. The van der Waals surface area contributed by atoms with E-state index in [9.17, 15) is 9.59 Å². The number of carbonyl (C=O) groups is 2. The van der Waals surface area contributed by atoms with Crippen molar-refractivity contribution in [1.29, 1.82) is 0 Å². The number of amides is 3. The number of rotatable bonds is 4. The van der Waals surface area contributed by atoms with Crippen LogP contribution in [0.25, 0.3) is 0 Å². The fourth-order valence-corrected chi connectivity index (χ4v) is 4.44. The highest BCUT2D eigenvalue weighted by Crippen LogP contribution is 2.37. The zero-order valence-electron chi connectivity index (χ0n) is 15.6. The number of nitrogens with one attached hydrogen (secondary N) is 1. The van der Waals surface area contributed by atoms with Gasteiger partial charge >= 0.3 is 6.03 Å². The van der Waals surface area contributed by atoms with Crippen molar-refractivity contribution in [2.75, 3.05) is 39.8 Å². The molecule has 7 heteroatoms. The number of nitrogens with zero attached hydrogens (tertiary/aromatic N) is 3. The Balaban J connectivity index is 1.56. The third kappa shape index (κ3) is 3.44. The van der Waals surface area contributed by atoms with Crippen molar-refractivity contribution >= 4 is 23.5 Å². The fraction of sp³-hybridized carbons (Fsp3) is 0.500. The number of halogens is 1. The number of hydrogen-bond acceptors (Lipinski definition) is 3. The summed E-state index contributed by atoms with van der Waals surface area (Å²) >= 11 is 6.36. The highest BCUT2D eigenvalue weighted by Gasteiger charge is 2.43. The first-order chi connectivity index (χ1) is 13.1. The zero-order chi connectivity index (χ0) is 19.0. The first-order valence-corrected chi connectivity index (χ1v) is 9.97.